The van der Waals surface area contributed by atoms with E-state index >= 15 is 0 Å². The van der Waals surface area contributed by atoms with Crippen LogP contribution in [0.5, 0.6) is 5.88 Å². The molecule has 17 heavy (non-hydrogen) atoms. The summed E-state index contributed by atoms with van der Waals surface area (Å²) in [6.45, 7) is 6.76. The van der Waals surface area contributed by atoms with Crippen LogP contribution in [0.15, 0.2) is 12.1 Å². The lowest BCUT2D eigenvalue weighted by atomic mass is 9.93. The average molecular weight is 238 g/mol. The maximum Gasteiger partial charge on any atom is 0.354 e. The standard InChI is InChI=1S/C12H18N2O3/c1-12(2,3)6-7-17-10-8(13)4-5-9(14-10)11(15)16/h4-5H,6-7,13H2,1-3H3,(H,15,16). The maximum atomic E-state index is 10.7. The second-order valence-electron chi connectivity index (χ2n) is 5.06. The van der Waals surface area contributed by atoms with Gasteiger partial charge in [-0.25, -0.2) is 9.78 Å². The van der Waals surface area contributed by atoms with Gasteiger partial charge in [0, 0.05) is 0 Å². The van der Waals surface area contributed by atoms with Gasteiger partial charge in [0.05, 0.1) is 12.3 Å². The zero-order chi connectivity index (χ0) is 13.1. The van der Waals surface area contributed by atoms with Gasteiger partial charge in [0.15, 0.2) is 5.69 Å². The molecule has 0 amide bonds. The van der Waals surface area contributed by atoms with Crippen LogP contribution in [0.25, 0.3) is 0 Å². The van der Waals surface area contributed by atoms with Crippen molar-refractivity contribution in [3.8, 4) is 5.88 Å². The normalized spacial score (nSPS) is 11.2. The van der Waals surface area contributed by atoms with Crippen molar-refractivity contribution in [3.63, 3.8) is 0 Å². The van der Waals surface area contributed by atoms with E-state index in [0.717, 1.165) is 6.42 Å². The van der Waals surface area contributed by atoms with Gasteiger partial charge in [0.2, 0.25) is 5.88 Å². The van der Waals surface area contributed by atoms with E-state index in [9.17, 15) is 4.79 Å². The third-order valence-corrected chi connectivity index (χ3v) is 2.20. The molecule has 0 aromatic carbocycles. The zero-order valence-electron chi connectivity index (χ0n) is 10.4. The fourth-order valence-electron chi connectivity index (χ4n) is 1.14. The summed E-state index contributed by atoms with van der Waals surface area (Å²) in [7, 11) is 0. The molecule has 1 aromatic rings. The number of hydrogen-bond donors (Lipinski definition) is 2. The van der Waals surface area contributed by atoms with Crippen LogP contribution < -0.4 is 10.5 Å². The highest BCUT2D eigenvalue weighted by atomic mass is 16.5. The van der Waals surface area contributed by atoms with E-state index in [1.54, 1.807) is 0 Å². The van der Waals surface area contributed by atoms with Gasteiger partial charge in [0.25, 0.3) is 0 Å². The number of carboxylic acid groups (broad SMARTS) is 1. The first-order valence-electron chi connectivity index (χ1n) is 5.42. The van der Waals surface area contributed by atoms with Crippen molar-refractivity contribution in [2.24, 2.45) is 5.41 Å². The van der Waals surface area contributed by atoms with E-state index in [4.69, 9.17) is 15.6 Å². The number of carboxylic acids is 1. The van der Waals surface area contributed by atoms with Crippen LogP contribution in [0.3, 0.4) is 0 Å². The molecule has 0 spiro atoms. The van der Waals surface area contributed by atoms with Crippen molar-refractivity contribution in [1.29, 1.82) is 0 Å². The highest BCUT2D eigenvalue weighted by Gasteiger charge is 2.13. The Morgan fingerprint density at radius 2 is 2.12 bits per heavy atom. The van der Waals surface area contributed by atoms with E-state index in [0.29, 0.717) is 12.3 Å². The first-order chi connectivity index (χ1) is 7.79. The lowest BCUT2D eigenvalue weighted by Gasteiger charge is -2.18. The Balaban J connectivity index is 2.70. The monoisotopic (exact) mass is 238 g/mol. The molecule has 0 bridgehead atoms. The SMILES string of the molecule is CC(C)(C)CCOc1nc(C(=O)O)ccc1N. The number of aromatic carboxylic acids is 1. The van der Waals surface area contributed by atoms with Crippen LogP contribution in [-0.4, -0.2) is 22.7 Å². The van der Waals surface area contributed by atoms with Gasteiger partial charge in [-0.1, -0.05) is 20.8 Å². The lowest BCUT2D eigenvalue weighted by Crippen LogP contribution is -2.13. The fourth-order valence-corrected chi connectivity index (χ4v) is 1.14. The fraction of sp³-hybridized carbons (Fsp3) is 0.500. The Bertz CT molecular complexity index is 411. The number of ether oxygens (including phenoxy) is 1. The van der Waals surface area contributed by atoms with E-state index in [1.165, 1.54) is 12.1 Å². The first-order valence-corrected chi connectivity index (χ1v) is 5.42. The highest BCUT2D eigenvalue weighted by Crippen LogP contribution is 2.22. The number of aromatic nitrogens is 1. The predicted molar refractivity (Wildman–Crippen MR) is 65.2 cm³/mol. The summed E-state index contributed by atoms with van der Waals surface area (Å²) in [5.41, 5.74) is 6.10. The Morgan fingerprint density at radius 1 is 1.47 bits per heavy atom. The van der Waals surface area contributed by atoms with E-state index < -0.39 is 5.97 Å². The molecule has 0 saturated carbocycles. The van der Waals surface area contributed by atoms with Gasteiger partial charge in [-0.15, -0.1) is 0 Å². The van der Waals surface area contributed by atoms with Gasteiger partial charge >= 0.3 is 5.97 Å². The molecule has 0 aliphatic heterocycles. The van der Waals surface area contributed by atoms with Crippen molar-refractivity contribution in [2.45, 2.75) is 27.2 Å². The van der Waals surface area contributed by atoms with Gasteiger partial charge < -0.3 is 15.6 Å². The number of hydrogen-bond acceptors (Lipinski definition) is 4. The molecule has 0 saturated heterocycles. The molecule has 5 nitrogen and oxygen atoms in total. The Hall–Kier alpha value is -1.78. The minimum Gasteiger partial charge on any atom is -0.477 e. The number of anilines is 1. The first kappa shape index (κ1) is 13.3. The number of carbonyl (C=O) groups is 1. The summed E-state index contributed by atoms with van der Waals surface area (Å²) in [6, 6.07) is 2.84. The lowest BCUT2D eigenvalue weighted by molar-refractivity contribution is 0.0689. The molecule has 5 heteroatoms. The molecule has 0 radical (unpaired) electrons. The maximum absolute atomic E-state index is 10.7. The predicted octanol–water partition coefficient (Wildman–Crippen LogP) is 2.18. The molecule has 0 unspecified atom stereocenters. The average Bonchev–Trinajstić information content (AvgIpc) is 2.18. The van der Waals surface area contributed by atoms with Crippen molar-refractivity contribution >= 4 is 11.7 Å². The van der Waals surface area contributed by atoms with Crippen molar-refractivity contribution in [1.82, 2.24) is 4.98 Å². The van der Waals surface area contributed by atoms with Crippen LogP contribution in [0, 0.1) is 5.41 Å². The third kappa shape index (κ3) is 4.30. The number of nitrogen functional groups attached to an aromatic ring is 1. The molecule has 0 aliphatic carbocycles. The summed E-state index contributed by atoms with van der Waals surface area (Å²) < 4.78 is 5.40. The molecule has 1 aromatic heterocycles. The van der Waals surface area contributed by atoms with Crippen molar-refractivity contribution in [2.75, 3.05) is 12.3 Å². The molecule has 1 rings (SSSR count). The molecule has 94 valence electrons. The summed E-state index contributed by atoms with van der Waals surface area (Å²) in [4.78, 5) is 14.6. The second kappa shape index (κ2) is 5.03. The smallest absolute Gasteiger partial charge is 0.354 e. The molecule has 3 N–H and O–H groups in total. The summed E-state index contributed by atoms with van der Waals surface area (Å²) in [6.07, 6.45) is 0.839. The Kier molecular flexibility index (Phi) is 3.93. The molecule has 1 heterocycles. The van der Waals surface area contributed by atoms with Crippen LogP contribution in [0.4, 0.5) is 5.69 Å². The summed E-state index contributed by atoms with van der Waals surface area (Å²) in [5, 5.41) is 8.80. The second-order valence-corrected chi connectivity index (χ2v) is 5.06. The quantitative estimate of drug-likeness (QED) is 0.839. The minimum atomic E-state index is -1.09. The minimum absolute atomic E-state index is 0.0649. The third-order valence-electron chi connectivity index (χ3n) is 2.20. The number of nitrogens with two attached hydrogens (primary N) is 1. The molecular weight excluding hydrogens is 220 g/mol. The van der Waals surface area contributed by atoms with E-state index in [-0.39, 0.29) is 17.0 Å². The molecular formula is C12H18N2O3. The number of rotatable bonds is 4. The molecule has 0 atom stereocenters. The summed E-state index contributed by atoms with van der Waals surface area (Å²) in [5.74, 6) is -0.903. The van der Waals surface area contributed by atoms with Gasteiger partial charge in [-0.3, -0.25) is 0 Å². The van der Waals surface area contributed by atoms with Gasteiger partial charge in [-0.2, -0.15) is 0 Å². The Morgan fingerprint density at radius 3 is 2.65 bits per heavy atom. The van der Waals surface area contributed by atoms with Gasteiger partial charge in [0.1, 0.15) is 0 Å². The molecule has 0 aliphatic rings. The number of pyridine rings is 1. The van der Waals surface area contributed by atoms with Crippen LogP contribution in [0.1, 0.15) is 37.7 Å². The van der Waals surface area contributed by atoms with E-state index in [1.807, 2.05) is 0 Å². The summed E-state index contributed by atoms with van der Waals surface area (Å²) >= 11 is 0. The van der Waals surface area contributed by atoms with Crippen LogP contribution in [-0.2, 0) is 0 Å². The number of nitrogens with zero attached hydrogens (tertiary/aromatic N) is 1. The molecule has 0 fully saturated rings. The van der Waals surface area contributed by atoms with Crippen molar-refractivity contribution in [3.05, 3.63) is 17.8 Å². The van der Waals surface area contributed by atoms with Crippen molar-refractivity contribution < 1.29 is 14.6 Å². The van der Waals surface area contributed by atoms with Crippen LogP contribution >= 0.6 is 0 Å². The highest BCUT2D eigenvalue weighted by molar-refractivity contribution is 5.86. The zero-order valence-corrected chi connectivity index (χ0v) is 10.4. The largest absolute Gasteiger partial charge is 0.477 e. The van der Waals surface area contributed by atoms with E-state index in [2.05, 4.69) is 25.8 Å². The van der Waals surface area contributed by atoms with Crippen LogP contribution in [0.2, 0.25) is 0 Å². The Labute approximate surface area is 101 Å². The van der Waals surface area contributed by atoms with Gasteiger partial charge in [-0.05, 0) is 24.0 Å². The topological polar surface area (TPSA) is 85.4 Å².